The molecule has 0 radical (unpaired) electrons. The summed E-state index contributed by atoms with van der Waals surface area (Å²) >= 11 is 0. The van der Waals surface area contributed by atoms with Crippen molar-refractivity contribution in [1.29, 1.82) is 0 Å². The van der Waals surface area contributed by atoms with Crippen LogP contribution in [-0.4, -0.2) is 53.3 Å². The lowest BCUT2D eigenvalue weighted by molar-refractivity contribution is -0.143. The van der Waals surface area contributed by atoms with Crippen molar-refractivity contribution in [3.05, 3.63) is 82.3 Å². The zero-order valence-electron chi connectivity index (χ0n) is 25.2. The van der Waals surface area contributed by atoms with Gasteiger partial charge in [0.25, 0.3) is 0 Å². The predicted octanol–water partition coefficient (Wildman–Crippen LogP) is 7.67. The van der Waals surface area contributed by atoms with E-state index in [0.29, 0.717) is 37.0 Å². The van der Waals surface area contributed by atoms with Crippen molar-refractivity contribution in [2.45, 2.75) is 82.0 Å². The van der Waals surface area contributed by atoms with Crippen molar-refractivity contribution in [1.82, 2.24) is 9.80 Å². The second kappa shape index (κ2) is 12.3. The lowest BCUT2D eigenvalue weighted by Gasteiger charge is -2.43. The number of fused-ring (bicyclic) bond motifs is 1. The Hall–Kier alpha value is -3.41. The van der Waals surface area contributed by atoms with Crippen LogP contribution in [-0.2, 0) is 26.7 Å². The summed E-state index contributed by atoms with van der Waals surface area (Å²) in [6.45, 7) is 3.11. The van der Waals surface area contributed by atoms with Gasteiger partial charge in [0, 0.05) is 56.2 Å². The summed E-state index contributed by atoms with van der Waals surface area (Å²) < 4.78 is 102. The topological polar surface area (TPSA) is 49.9 Å². The summed E-state index contributed by atoms with van der Waals surface area (Å²) in [6, 6.07) is 6.87. The first-order valence-electron chi connectivity index (χ1n) is 15.7. The van der Waals surface area contributed by atoms with Crippen molar-refractivity contribution in [2.75, 3.05) is 19.6 Å². The maximum Gasteiger partial charge on any atom is 0.416 e. The smallest absolute Gasteiger partial charge is 0.375 e. The molecule has 3 saturated heterocycles. The summed E-state index contributed by atoms with van der Waals surface area (Å²) in [7, 11) is 0. The van der Waals surface area contributed by atoms with Crippen molar-refractivity contribution < 1.29 is 45.1 Å². The molecule has 5 atom stereocenters. The first kappa shape index (κ1) is 32.5. The maximum absolute atomic E-state index is 13.9. The van der Waals surface area contributed by atoms with Crippen molar-refractivity contribution in [2.24, 2.45) is 11.8 Å². The zero-order valence-corrected chi connectivity index (χ0v) is 25.2. The van der Waals surface area contributed by atoms with E-state index in [-0.39, 0.29) is 47.7 Å². The number of amides is 1. The minimum absolute atomic E-state index is 0.0722. The van der Waals surface area contributed by atoms with Crippen LogP contribution in [0.3, 0.4) is 0 Å². The number of ketones is 1. The summed E-state index contributed by atoms with van der Waals surface area (Å²) in [5.41, 5.74) is -1.37. The minimum Gasteiger partial charge on any atom is -0.375 e. The molecule has 5 nitrogen and oxygen atoms in total. The fraction of sp³-hybridized carbons (Fsp3) is 0.529. The minimum atomic E-state index is -5.00. The third kappa shape index (κ3) is 6.68. The highest BCUT2D eigenvalue weighted by molar-refractivity contribution is 5.92. The lowest BCUT2D eigenvalue weighted by atomic mass is 9.73. The van der Waals surface area contributed by atoms with Crippen LogP contribution < -0.4 is 0 Å². The van der Waals surface area contributed by atoms with E-state index in [2.05, 4.69) is 4.90 Å². The highest BCUT2D eigenvalue weighted by Crippen LogP contribution is 2.47. The number of benzene rings is 2. The van der Waals surface area contributed by atoms with E-state index in [4.69, 9.17) is 4.74 Å². The molecule has 3 fully saturated rings. The number of ether oxygens (including phenoxy) is 1. The average Bonchev–Trinajstić information content (AvgIpc) is 3.60. The van der Waals surface area contributed by atoms with Crippen molar-refractivity contribution in [3.63, 3.8) is 0 Å². The van der Waals surface area contributed by atoms with E-state index in [1.54, 1.807) is 23.1 Å². The average molecular weight is 653 g/mol. The Morgan fingerprint density at radius 1 is 0.870 bits per heavy atom. The van der Waals surface area contributed by atoms with E-state index in [9.17, 15) is 40.3 Å². The summed E-state index contributed by atoms with van der Waals surface area (Å²) in [5, 5.41) is 0. The van der Waals surface area contributed by atoms with Gasteiger partial charge < -0.3 is 14.5 Å². The lowest BCUT2D eigenvalue weighted by Crippen LogP contribution is -2.47. The highest BCUT2D eigenvalue weighted by Gasteiger charge is 2.50. The van der Waals surface area contributed by atoms with Gasteiger partial charge in [0.15, 0.2) is 5.78 Å². The molecular weight excluding hydrogens is 617 g/mol. The SMILES string of the molecule is CC(O[C@H]1CN2C(=O)CC(C3CCN(C4=CC(=O)CC4)CC3)C[C@H]2C1c1ccc(F)cc1)c1cc(C(F)(F)F)cc(C(F)(F)F)c1. The van der Waals surface area contributed by atoms with Crippen LogP contribution in [0.2, 0.25) is 0 Å². The number of carbonyl (C=O) groups is 2. The van der Waals surface area contributed by atoms with Crippen LogP contribution in [0.4, 0.5) is 30.7 Å². The first-order valence-corrected chi connectivity index (χ1v) is 15.7. The maximum atomic E-state index is 13.9. The second-order valence-electron chi connectivity index (χ2n) is 13.0. The molecule has 2 aromatic carbocycles. The first-order chi connectivity index (χ1) is 21.7. The second-order valence-corrected chi connectivity index (χ2v) is 13.0. The molecule has 3 unspecified atom stereocenters. The van der Waals surface area contributed by atoms with Gasteiger partial charge in [-0.2, -0.15) is 26.3 Å². The van der Waals surface area contributed by atoms with Gasteiger partial charge in [-0.05, 0) is 85.9 Å². The van der Waals surface area contributed by atoms with Crippen LogP contribution in [0, 0.1) is 17.7 Å². The standard InChI is InChI=1S/C34H35F7N2O3/c1-19(22-12-24(33(36,37)38)16-25(13-22)34(39,40)41)46-30-18-43-29(32(30)21-2-4-26(35)5-3-21)14-23(15-31(43)45)20-8-10-42(11-9-20)27-6-7-28(44)17-27/h2-5,12-13,16-17,19-20,23,29-30,32H,6-11,14-15,18H2,1H3/t19?,23?,29-,30-,32?/m0/s1. The van der Waals surface area contributed by atoms with E-state index in [1.807, 2.05) is 0 Å². The molecule has 0 N–H and O–H groups in total. The van der Waals surface area contributed by atoms with Gasteiger partial charge in [0.05, 0.1) is 23.3 Å². The normalized spacial score (nSPS) is 26.8. The van der Waals surface area contributed by atoms with Crippen LogP contribution in [0.5, 0.6) is 0 Å². The molecule has 3 aliphatic heterocycles. The summed E-state index contributed by atoms with van der Waals surface area (Å²) in [6.07, 6.45) is -6.18. The Morgan fingerprint density at radius 2 is 1.50 bits per heavy atom. The Morgan fingerprint density at radius 3 is 2.07 bits per heavy atom. The zero-order chi connectivity index (χ0) is 33.0. The van der Waals surface area contributed by atoms with Crippen molar-refractivity contribution in [3.8, 4) is 0 Å². The number of alkyl halides is 6. The number of likely N-dealkylation sites (tertiary alicyclic amines) is 1. The summed E-state index contributed by atoms with van der Waals surface area (Å²) in [4.78, 5) is 29.3. The van der Waals surface area contributed by atoms with Crippen LogP contribution >= 0.6 is 0 Å². The molecule has 0 aromatic heterocycles. The van der Waals surface area contributed by atoms with E-state index < -0.39 is 47.4 Å². The van der Waals surface area contributed by atoms with Gasteiger partial charge in [-0.3, -0.25) is 9.59 Å². The van der Waals surface area contributed by atoms with E-state index >= 15 is 0 Å². The van der Waals surface area contributed by atoms with Crippen LogP contribution in [0.15, 0.2) is 54.2 Å². The fourth-order valence-corrected chi connectivity index (χ4v) is 7.83. The molecule has 248 valence electrons. The Bertz CT molecular complexity index is 1460. The molecule has 6 rings (SSSR count). The number of carbonyl (C=O) groups excluding carboxylic acids is 2. The molecule has 3 heterocycles. The molecule has 2 aromatic rings. The Balaban J connectivity index is 1.24. The quantitative estimate of drug-likeness (QED) is 0.301. The van der Waals surface area contributed by atoms with Gasteiger partial charge in [-0.15, -0.1) is 0 Å². The molecule has 12 heteroatoms. The van der Waals surface area contributed by atoms with Crippen molar-refractivity contribution >= 4 is 11.7 Å². The molecule has 0 spiro atoms. The van der Waals surface area contributed by atoms with E-state index in [0.717, 1.165) is 38.0 Å². The molecular formula is C34H35F7N2O3. The number of halogens is 7. The number of allylic oxidation sites excluding steroid dienone is 2. The molecule has 1 aliphatic carbocycles. The molecule has 4 aliphatic rings. The fourth-order valence-electron chi connectivity index (χ4n) is 7.83. The number of nitrogens with zero attached hydrogens (tertiary/aromatic N) is 2. The molecule has 46 heavy (non-hydrogen) atoms. The Labute approximate surface area is 262 Å². The third-order valence-electron chi connectivity index (χ3n) is 10.2. The number of hydrogen-bond donors (Lipinski definition) is 0. The number of rotatable bonds is 6. The Kier molecular flexibility index (Phi) is 8.71. The number of piperidine rings is 2. The largest absolute Gasteiger partial charge is 0.416 e. The third-order valence-corrected chi connectivity index (χ3v) is 10.2. The van der Waals surface area contributed by atoms with Crippen LogP contribution in [0.25, 0.3) is 0 Å². The van der Waals surface area contributed by atoms with Crippen LogP contribution in [0.1, 0.15) is 79.7 Å². The van der Waals surface area contributed by atoms with Gasteiger partial charge in [-0.1, -0.05) is 12.1 Å². The predicted molar refractivity (Wildman–Crippen MR) is 154 cm³/mol. The van der Waals surface area contributed by atoms with Gasteiger partial charge in [0.2, 0.25) is 5.91 Å². The molecule has 1 amide bonds. The van der Waals surface area contributed by atoms with E-state index in [1.165, 1.54) is 19.1 Å². The highest BCUT2D eigenvalue weighted by atomic mass is 19.4. The van der Waals surface area contributed by atoms with Gasteiger partial charge in [0.1, 0.15) is 5.82 Å². The van der Waals surface area contributed by atoms with Gasteiger partial charge in [-0.25, -0.2) is 4.39 Å². The number of hydrogen-bond acceptors (Lipinski definition) is 4. The van der Waals surface area contributed by atoms with Gasteiger partial charge >= 0.3 is 12.4 Å². The summed E-state index contributed by atoms with van der Waals surface area (Å²) in [5.74, 6) is -0.500. The molecule has 0 bridgehead atoms. The molecule has 0 saturated carbocycles. The monoisotopic (exact) mass is 652 g/mol.